The molecule has 0 aliphatic carbocycles. The molecule has 1 unspecified atom stereocenters. The van der Waals surface area contributed by atoms with E-state index in [1.165, 1.54) is 0 Å². The minimum absolute atomic E-state index is 0.00338. The minimum atomic E-state index is -2.93. The Hall–Kier alpha value is -1.60. The monoisotopic (exact) mass is 285 g/mol. The van der Waals surface area contributed by atoms with E-state index in [0.29, 0.717) is 11.3 Å². The second-order valence-corrected chi connectivity index (χ2v) is 6.67. The third kappa shape index (κ3) is 3.24. The molecule has 0 spiro atoms. The number of rotatable bonds is 5. The number of nitrogens with two attached hydrogens (primary N) is 1. The highest BCUT2D eigenvalue weighted by Crippen LogP contribution is 2.24. The number of aliphatic carboxylic acids is 1. The van der Waals surface area contributed by atoms with Crippen LogP contribution < -0.4 is 10.5 Å². The van der Waals surface area contributed by atoms with E-state index in [2.05, 4.69) is 0 Å². The van der Waals surface area contributed by atoms with E-state index in [4.69, 9.17) is 15.6 Å². The predicted molar refractivity (Wildman–Crippen MR) is 68.9 cm³/mol. The van der Waals surface area contributed by atoms with Gasteiger partial charge in [0.15, 0.2) is 9.84 Å². The quantitative estimate of drug-likeness (QED) is 0.788. The van der Waals surface area contributed by atoms with Crippen molar-refractivity contribution in [3.8, 4) is 5.75 Å². The van der Waals surface area contributed by atoms with Gasteiger partial charge in [0.2, 0.25) is 0 Å². The van der Waals surface area contributed by atoms with Crippen molar-refractivity contribution in [2.24, 2.45) is 5.73 Å². The van der Waals surface area contributed by atoms with E-state index in [1.54, 1.807) is 24.3 Å². The zero-order chi connectivity index (χ0) is 14.0. The molecule has 1 aromatic rings. The molecule has 1 aromatic carbocycles. The van der Waals surface area contributed by atoms with Crippen LogP contribution in [0.3, 0.4) is 0 Å². The third-order valence-electron chi connectivity index (χ3n) is 2.98. The van der Waals surface area contributed by atoms with Gasteiger partial charge in [0, 0.05) is 6.54 Å². The van der Waals surface area contributed by atoms with Crippen molar-refractivity contribution in [1.29, 1.82) is 0 Å². The zero-order valence-electron chi connectivity index (χ0n) is 10.2. The van der Waals surface area contributed by atoms with E-state index in [1.807, 2.05) is 0 Å². The van der Waals surface area contributed by atoms with Crippen molar-refractivity contribution in [1.82, 2.24) is 0 Å². The number of ether oxygens (including phenoxy) is 1. The molecule has 2 rings (SSSR count). The van der Waals surface area contributed by atoms with Gasteiger partial charge in [-0.3, -0.25) is 4.79 Å². The maximum Gasteiger partial charge on any atom is 0.312 e. The highest BCUT2D eigenvalue weighted by atomic mass is 32.2. The molecule has 7 heteroatoms. The fourth-order valence-electron chi connectivity index (χ4n) is 1.96. The van der Waals surface area contributed by atoms with Gasteiger partial charge in [-0.05, 0) is 17.7 Å². The molecule has 1 heterocycles. The van der Waals surface area contributed by atoms with Gasteiger partial charge < -0.3 is 15.6 Å². The summed E-state index contributed by atoms with van der Waals surface area (Å²) in [4.78, 5) is 11.0. The van der Waals surface area contributed by atoms with Gasteiger partial charge in [-0.15, -0.1) is 0 Å². The SMILES string of the molecule is NCC(C(=O)O)c1cccc(OC2CS(=O)(=O)C2)c1. The Balaban J connectivity index is 2.09. The molecule has 1 atom stereocenters. The maximum absolute atomic E-state index is 11.0. The van der Waals surface area contributed by atoms with Gasteiger partial charge in [0.25, 0.3) is 0 Å². The molecule has 6 nitrogen and oxygen atoms in total. The lowest BCUT2D eigenvalue weighted by atomic mass is 9.99. The number of carboxylic acid groups (broad SMARTS) is 1. The summed E-state index contributed by atoms with van der Waals surface area (Å²) in [7, 11) is -2.93. The molecule has 104 valence electrons. The molecular formula is C12H15NO5S. The molecule has 1 fully saturated rings. The highest BCUT2D eigenvalue weighted by molar-refractivity contribution is 7.92. The highest BCUT2D eigenvalue weighted by Gasteiger charge is 2.35. The number of carbonyl (C=O) groups is 1. The van der Waals surface area contributed by atoms with Crippen molar-refractivity contribution >= 4 is 15.8 Å². The molecule has 3 N–H and O–H groups in total. The van der Waals surface area contributed by atoms with Crippen LogP contribution >= 0.6 is 0 Å². The predicted octanol–water partition coefficient (Wildman–Crippen LogP) is -0.0107. The first-order valence-corrected chi connectivity index (χ1v) is 7.63. The summed E-state index contributed by atoms with van der Waals surface area (Å²) in [5, 5.41) is 9.03. The van der Waals surface area contributed by atoms with E-state index in [9.17, 15) is 13.2 Å². The van der Waals surface area contributed by atoms with Crippen LogP contribution in [0.5, 0.6) is 5.75 Å². The largest absolute Gasteiger partial charge is 0.488 e. The number of carboxylic acids is 1. The van der Waals surface area contributed by atoms with E-state index < -0.39 is 21.7 Å². The Morgan fingerprint density at radius 1 is 1.47 bits per heavy atom. The summed E-state index contributed by atoms with van der Waals surface area (Å²) in [6, 6.07) is 6.60. The Kier molecular flexibility index (Phi) is 3.77. The number of hydrogen-bond acceptors (Lipinski definition) is 5. The smallest absolute Gasteiger partial charge is 0.312 e. The zero-order valence-corrected chi connectivity index (χ0v) is 11.0. The molecule has 1 saturated heterocycles. The second kappa shape index (κ2) is 5.18. The third-order valence-corrected chi connectivity index (χ3v) is 4.74. The van der Waals surface area contributed by atoms with Crippen LogP contribution in [-0.2, 0) is 14.6 Å². The normalized spacial score (nSPS) is 19.4. The van der Waals surface area contributed by atoms with Crippen molar-refractivity contribution in [3.05, 3.63) is 29.8 Å². The summed E-state index contributed by atoms with van der Waals surface area (Å²) in [6.07, 6.45) is -0.346. The van der Waals surface area contributed by atoms with Gasteiger partial charge in [-0.1, -0.05) is 12.1 Å². The van der Waals surface area contributed by atoms with Gasteiger partial charge in [-0.25, -0.2) is 8.42 Å². The molecule has 0 saturated carbocycles. The molecule has 1 aliphatic heterocycles. The lowest BCUT2D eigenvalue weighted by Crippen LogP contribution is -2.45. The number of benzene rings is 1. The van der Waals surface area contributed by atoms with E-state index >= 15 is 0 Å². The second-order valence-electron chi connectivity index (χ2n) is 4.52. The average Bonchev–Trinajstić information content (AvgIpc) is 2.27. The first-order chi connectivity index (χ1) is 8.91. The summed E-state index contributed by atoms with van der Waals surface area (Å²) in [6.45, 7) is -0.00338. The molecule has 0 aromatic heterocycles. The van der Waals surface area contributed by atoms with Crippen LogP contribution in [-0.4, -0.2) is 43.6 Å². The van der Waals surface area contributed by atoms with Gasteiger partial charge in [0.1, 0.15) is 11.9 Å². The van der Waals surface area contributed by atoms with Crippen molar-refractivity contribution in [3.63, 3.8) is 0 Å². The van der Waals surface area contributed by atoms with Crippen LogP contribution in [0.1, 0.15) is 11.5 Å². The first kappa shape index (κ1) is 13.8. The maximum atomic E-state index is 11.0. The average molecular weight is 285 g/mol. The fraction of sp³-hybridized carbons (Fsp3) is 0.417. The topological polar surface area (TPSA) is 107 Å². The minimum Gasteiger partial charge on any atom is -0.488 e. The molecule has 0 amide bonds. The van der Waals surface area contributed by atoms with Gasteiger partial charge >= 0.3 is 5.97 Å². The van der Waals surface area contributed by atoms with Crippen LogP contribution in [0.2, 0.25) is 0 Å². The van der Waals surface area contributed by atoms with E-state index in [-0.39, 0.29) is 24.2 Å². The lowest BCUT2D eigenvalue weighted by molar-refractivity contribution is -0.138. The van der Waals surface area contributed by atoms with Crippen molar-refractivity contribution in [2.75, 3.05) is 18.1 Å². The standard InChI is InChI=1S/C12H15NO5S/c13-5-11(12(14)15)8-2-1-3-9(4-8)18-10-6-19(16,17)7-10/h1-4,10-11H,5-7,13H2,(H,14,15). The van der Waals surface area contributed by atoms with Crippen LogP contribution in [0.25, 0.3) is 0 Å². The van der Waals surface area contributed by atoms with Gasteiger partial charge in [0.05, 0.1) is 17.4 Å². The van der Waals surface area contributed by atoms with E-state index in [0.717, 1.165) is 0 Å². The number of sulfone groups is 1. The molecular weight excluding hydrogens is 270 g/mol. The Morgan fingerprint density at radius 2 is 2.16 bits per heavy atom. The summed E-state index contributed by atoms with van der Waals surface area (Å²) in [5.41, 5.74) is 5.98. The Labute approximate surface area is 111 Å². The summed E-state index contributed by atoms with van der Waals surface area (Å²) >= 11 is 0. The molecule has 19 heavy (non-hydrogen) atoms. The Morgan fingerprint density at radius 3 is 2.68 bits per heavy atom. The van der Waals surface area contributed by atoms with Crippen LogP contribution in [0, 0.1) is 0 Å². The first-order valence-electron chi connectivity index (χ1n) is 5.81. The number of hydrogen-bond donors (Lipinski definition) is 2. The Bertz CT molecular complexity index is 572. The van der Waals surface area contributed by atoms with Crippen LogP contribution in [0.15, 0.2) is 24.3 Å². The van der Waals surface area contributed by atoms with Crippen molar-refractivity contribution < 1.29 is 23.1 Å². The van der Waals surface area contributed by atoms with Gasteiger partial charge in [-0.2, -0.15) is 0 Å². The molecule has 0 bridgehead atoms. The molecule has 1 aliphatic rings. The summed E-state index contributed by atoms with van der Waals surface area (Å²) in [5.74, 6) is -1.29. The summed E-state index contributed by atoms with van der Waals surface area (Å²) < 4.78 is 27.5. The fourth-order valence-corrected chi connectivity index (χ4v) is 3.13. The lowest BCUT2D eigenvalue weighted by Gasteiger charge is -2.26. The van der Waals surface area contributed by atoms with Crippen LogP contribution in [0.4, 0.5) is 0 Å². The van der Waals surface area contributed by atoms with Crippen molar-refractivity contribution in [2.45, 2.75) is 12.0 Å². The molecule has 0 radical (unpaired) electrons.